The van der Waals surface area contributed by atoms with Gasteiger partial charge in [0.15, 0.2) is 0 Å². The fourth-order valence-corrected chi connectivity index (χ4v) is 3.23. The second-order valence-electron chi connectivity index (χ2n) is 3.33. The number of rotatable bonds is 0. The molecule has 0 saturated heterocycles. The zero-order valence-electron chi connectivity index (χ0n) is 8.42. The quantitative estimate of drug-likeness (QED) is 0.494. The van der Waals surface area contributed by atoms with Gasteiger partial charge in [-0.05, 0) is 16.6 Å². The largest absolute Gasteiger partial charge is 0.206 e. The molecule has 0 aliphatic carbocycles. The van der Waals surface area contributed by atoms with Crippen LogP contribution < -0.4 is 0 Å². The molecule has 0 amide bonds. The molecule has 0 bridgehead atoms. The van der Waals surface area contributed by atoms with E-state index in [0.717, 1.165) is 15.9 Å². The summed E-state index contributed by atoms with van der Waals surface area (Å²) >= 11 is 0. The standard InChI is InChI=1S/C12H8FP.Li/c13-9-5-3-7-11-12(9)8-4-1-2-6-10(8)14-11;/h1-7,14H;. The summed E-state index contributed by atoms with van der Waals surface area (Å²) in [6.45, 7) is 0. The average molecular weight is 209 g/mol. The molecule has 0 aliphatic rings. The molecule has 1 heterocycles. The van der Waals surface area contributed by atoms with Crippen molar-refractivity contribution < 1.29 is 4.39 Å². The first-order valence-corrected chi connectivity index (χ1v) is 5.51. The van der Waals surface area contributed by atoms with Crippen LogP contribution in [0.3, 0.4) is 0 Å². The molecule has 3 rings (SSSR count). The van der Waals surface area contributed by atoms with E-state index in [1.807, 2.05) is 24.3 Å². The third-order valence-electron chi connectivity index (χ3n) is 2.48. The Balaban J connectivity index is 0.000000853. The zero-order chi connectivity index (χ0) is 9.54. The Labute approximate surface area is 101 Å². The van der Waals surface area contributed by atoms with Crippen molar-refractivity contribution in [1.82, 2.24) is 0 Å². The molecular formula is C12H8FLiP. The van der Waals surface area contributed by atoms with Crippen molar-refractivity contribution in [2.45, 2.75) is 0 Å². The number of fused-ring (bicyclic) bond motifs is 3. The van der Waals surface area contributed by atoms with Gasteiger partial charge in [0.1, 0.15) is 5.82 Å². The van der Waals surface area contributed by atoms with Gasteiger partial charge < -0.3 is 0 Å². The van der Waals surface area contributed by atoms with Gasteiger partial charge in [0.25, 0.3) is 0 Å². The molecule has 0 saturated carbocycles. The van der Waals surface area contributed by atoms with Crippen LogP contribution in [-0.4, -0.2) is 18.9 Å². The molecule has 0 N–H and O–H groups in total. The summed E-state index contributed by atoms with van der Waals surface area (Å²) in [7, 11) is 0.607. The molecule has 15 heavy (non-hydrogen) atoms. The van der Waals surface area contributed by atoms with Gasteiger partial charge in [-0.2, -0.15) is 0 Å². The number of benzene rings is 2. The van der Waals surface area contributed by atoms with Gasteiger partial charge in [-0.1, -0.05) is 36.4 Å². The van der Waals surface area contributed by atoms with E-state index in [1.165, 1.54) is 11.2 Å². The number of hydrogen-bond acceptors (Lipinski definition) is 0. The van der Waals surface area contributed by atoms with Crippen LogP contribution in [0.5, 0.6) is 0 Å². The van der Waals surface area contributed by atoms with Crippen molar-refractivity contribution in [3.63, 3.8) is 0 Å². The molecule has 1 aromatic heterocycles. The van der Waals surface area contributed by atoms with E-state index in [4.69, 9.17) is 0 Å². The monoisotopic (exact) mass is 209 g/mol. The van der Waals surface area contributed by atoms with Gasteiger partial charge >= 0.3 is 0 Å². The molecule has 0 fully saturated rings. The minimum absolute atomic E-state index is 0. The van der Waals surface area contributed by atoms with Crippen molar-refractivity contribution in [1.29, 1.82) is 0 Å². The van der Waals surface area contributed by atoms with E-state index in [1.54, 1.807) is 6.07 Å². The summed E-state index contributed by atoms with van der Waals surface area (Å²) in [5.74, 6) is -0.0973. The Hall–Kier alpha value is -0.733. The Morgan fingerprint density at radius 1 is 0.867 bits per heavy atom. The first-order chi connectivity index (χ1) is 6.86. The van der Waals surface area contributed by atoms with E-state index in [2.05, 4.69) is 6.07 Å². The average Bonchev–Trinajstić information content (AvgIpc) is 2.57. The molecule has 0 spiro atoms. The normalized spacial score (nSPS) is 11.0. The van der Waals surface area contributed by atoms with Crippen LogP contribution in [0.15, 0.2) is 42.5 Å². The Morgan fingerprint density at radius 2 is 1.60 bits per heavy atom. The van der Waals surface area contributed by atoms with Crippen LogP contribution in [-0.2, 0) is 0 Å². The maximum atomic E-state index is 13.6. The Kier molecular flexibility index (Phi) is 2.89. The fraction of sp³-hybridized carbons (Fsp3) is 0. The minimum Gasteiger partial charge on any atom is -0.206 e. The third kappa shape index (κ3) is 1.62. The van der Waals surface area contributed by atoms with Crippen LogP contribution in [0.4, 0.5) is 4.39 Å². The second kappa shape index (κ2) is 4.03. The molecular weight excluding hydrogens is 201 g/mol. The smallest absolute Gasteiger partial charge is 0.131 e. The van der Waals surface area contributed by atoms with Gasteiger partial charge in [-0.25, -0.2) is 4.39 Å². The topological polar surface area (TPSA) is 0 Å². The Morgan fingerprint density at radius 3 is 2.47 bits per heavy atom. The van der Waals surface area contributed by atoms with E-state index < -0.39 is 0 Å². The van der Waals surface area contributed by atoms with Crippen molar-refractivity contribution in [2.75, 3.05) is 0 Å². The number of hydrogen-bond donors (Lipinski definition) is 0. The summed E-state index contributed by atoms with van der Waals surface area (Å²) in [5, 5.41) is 4.26. The molecule has 0 nitrogen and oxygen atoms in total. The molecule has 2 aromatic carbocycles. The summed E-state index contributed by atoms with van der Waals surface area (Å²) < 4.78 is 13.6. The summed E-state index contributed by atoms with van der Waals surface area (Å²) in [4.78, 5) is 0. The van der Waals surface area contributed by atoms with E-state index in [9.17, 15) is 4.39 Å². The Bertz CT molecular complexity index is 615. The maximum absolute atomic E-state index is 13.6. The van der Waals surface area contributed by atoms with Gasteiger partial charge in [-0.15, -0.1) is 8.19 Å². The summed E-state index contributed by atoms with van der Waals surface area (Å²) in [6.07, 6.45) is 0. The summed E-state index contributed by atoms with van der Waals surface area (Å²) in [6, 6.07) is 13.4. The van der Waals surface area contributed by atoms with Gasteiger partial charge in [-0.3, -0.25) is 0 Å². The maximum Gasteiger partial charge on any atom is 0.131 e. The van der Waals surface area contributed by atoms with Crippen LogP contribution in [0.1, 0.15) is 0 Å². The molecule has 1 radical (unpaired) electrons. The molecule has 3 aromatic rings. The predicted octanol–water partition coefficient (Wildman–Crippen LogP) is 3.78. The van der Waals surface area contributed by atoms with Crippen molar-refractivity contribution >= 4 is 48.1 Å². The molecule has 1 unspecified atom stereocenters. The van der Waals surface area contributed by atoms with Gasteiger partial charge in [0.05, 0.1) is 0 Å². The van der Waals surface area contributed by atoms with Gasteiger partial charge in [0, 0.05) is 29.4 Å². The van der Waals surface area contributed by atoms with Crippen LogP contribution in [0, 0.1) is 5.82 Å². The van der Waals surface area contributed by atoms with Gasteiger partial charge in [0.2, 0.25) is 0 Å². The second-order valence-corrected chi connectivity index (χ2v) is 4.66. The summed E-state index contributed by atoms with van der Waals surface area (Å²) in [5.41, 5.74) is 0. The third-order valence-corrected chi connectivity index (χ3v) is 3.87. The molecule has 69 valence electrons. The van der Waals surface area contributed by atoms with Crippen LogP contribution in [0.25, 0.3) is 21.0 Å². The van der Waals surface area contributed by atoms with E-state index >= 15 is 0 Å². The van der Waals surface area contributed by atoms with Crippen molar-refractivity contribution in [2.24, 2.45) is 0 Å². The predicted molar refractivity (Wildman–Crippen MR) is 66.7 cm³/mol. The number of halogens is 1. The van der Waals surface area contributed by atoms with Crippen molar-refractivity contribution in [3.8, 4) is 0 Å². The minimum atomic E-state index is -0.0973. The van der Waals surface area contributed by atoms with Crippen molar-refractivity contribution in [3.05, 3.63) is 48.3 Å². The van der Waals surface area contributed by atoms with Crippen LogP contribution in [0.2, 0.25) is 0 Å². The first kappa shape index (κ1) is 10.8. The molecule has 0 aliphatic heterocycles. The zero-order valence-corrected chi connectivity index (χ0v) is 9.42. The van der Waals surface area contributed by atoms with E-state index in [-0.39, 0.29) is 24.7 Å². The SMILES string of the molecule is Fc1cccc2[pH]c3ccccc3c12.[Li]. The first-order valence-electron chi connectivity index (χ1n) is 4.51. The fourth-order valence-electron chi connectivity index (χ4n) is 1.86. The molecule has 1 atom stereocenters. The van der Waals surface area contributed by atoms with Crippen LogP contribution >= 0.6 is 8.19 Å². The molecule has 3 heteroatoms. The van der Waals surface area contributed by atoms with E-state index in [0.29, 0.717) is 8.19 Å².